The third-order valence-electron chi connectivity index (χ3n) is 3.80. The van der Waals surface area contributed by atoms with Crippen molar-refractivity contribution in [1.29, 1.82) is 0 Å². The molecule has 2 heterocycles. The molecular weight excluding hydrogens is 300 g/mol. The molecule has 0 aliphatic rings. The topological polar surface area (TPSA) is 92.5 Å². The summed E-state index contributed by atoms with van der Waals surface area (Å²) >= 11 is 0. The number of aryl methyl sites for hydroxylation is 1. The van der Waals surface area contributed by atoms with Crippen molar-refractivity contribution >= 4 is 28.4 Å². The molecule has 0 unspecified atom stereocenters. The van der Waals surface area contributed by atoms with Gasteiger partial charge in [-0.3, -0.25) is 5.10 Å². The summed E-state index contributed by atoms with van der Waals surface area (Å²) in [7, 11) is 0. The number of nitrogens with two attached hydrogens (primary N) is 1. The fourth-order valence-corrected chi connectivity index (χ4v) is 2.70. The molecule has 24 heavy (non-hydrogen) atoms. The van der Waals surface area contributed by atoms with Gasteiger partial charge in [0, 0.05) is 22.8 Å². The molecule has 6 heteroatoms. The first-order valence-corrected chi connectivity index (χ1v) is 7.60. The van der Waals surface area contributed by atoms with E-state index in [1.165, 1.54) is 5.56 Å². The average Bonchev–Trinajstić information content (AvgIpc) is 2.98. The Bertz CT molecular complexity index is 1020. The van der Waals surface area contributed by atoms with Gasteiger partial charge in [-0.15, -0.1) is 0 Å². The summed E-state index contributed by atoms with van der Waals surface area (Å²) in [4.78, 5) is 8.06. The summed E-state index contributed by atoms with van der Waals surface area (Å²) in [5, 5.41) is 11.8. The van der Waals surface area contributed by atoms with E-state index in [0.29, 0.717) is 5.82 Å². The Kier molecular flexibility index (Phi) is 3.35. The van der Waals surface area contributed by atoms with Crippen molar-refractivity contribution in [2.75, 3.05) is 11.1 Å². The van der Waals surface area contributed by atoms with Gasteiger partial charge in [0.05, 0.1) is 11.2 Å². The molecule has 2 aromatic heterocycles. The molecular formula is C18H16N6. The molecule has 6 nitrogen and oxygen atoms in total. The van der Waals surface area contributed by atoms with Crippen LogP contribution in [0.4, 0.5) is 17.5 Å². The van der Waals surface area contributed by atoms with Gasteiger partial charge in [0.2, 0.25) is 5.95 Å². The summed E-state index contributed by atoms with van der Waals surface area (Å²) in [6.45, 7) is 2.07. The predicted octanol–water partition coefficient (Wildman–Crippen LogP) is 3.65. The molecule has 0 amide bonds. The lowest BCUT2D eigenvalue weighted by atomic mass is 10.1. The molecule has 0 atom stereocenters. The van der Waals surface area contributed by atoms with Gasteiger partial charge < -0.3 is 11.1 Å². The van der Waals surface area contributed by atoms with Crippen molar-refractivity contribution in [1.82, 2.24) is 20.2 Å². The molecule has 0 aliphatic heterocycles. The van der Waals surface area contributed by atoms with Crippen LogP contribution < -0.4 is 11.1 Å². The number of nitrogens with one attached hydrogen (secondary N) is 2. The van der Waals surface area contributed by atoms with Crippen molar-refractivity contribution in [3.63, 3.8) is 0 Å². The molecule has 4 rings (SSSR count). The Morgan fingerprint density at radius 1 is 1.08 bits per heavy atom. The minimum Gasteiger partial charge on any atom is -0.368 e. The second-order valence-corrected chi connectivity index (χ2v) is 5.63. The van der Waals surface area contributed by atoms with Crippen molar-refractivity contribution in [3.8, 4) is 11.3 Å². The van der Waals surface area contributed by atoms with Crippen LogP contribution in [0.3, 0.4) is 0 Å². The minimum absolute atomic E-state index is 0.241. The first-order valence-electron chi connectivity index (χ1n) is 7.60. The van der Waals surface area contributed by atoms with E-state index in [9.17, 15) is 0 Å². The Balaban J connectivity index is 1.76. The molecule has 118 valence electrons. The number of hydrogen-bond acceptors (Lipinski definition) is 5. The highest BCUT2D eigenvalue weighted by atomic mass is 15.1. The van der Waals surface area contributed by atoms with Crippen LogP contribution in [0, 0.1) is 6.92 Å². The van der Waals surface area contributed by atoms with E-state index in [1.807, 2.05) is 18.2 Å². The predicted molar refractivity (Wildman–Crippen MR) is 96.0 cm³/mol. The second-order valence-electron chi connectivity index (χ2n) is 5.63. The zero-order chi connectivity index (χ0) is 16.5. The summed E-state index contributed by atoms with van der Waals surface area (Å²) < 4.78 is 0. The van der Waals surface area contributed by atoms with Gasteiger partial charge in [-0.25, -0.2) is 4.98 Å². The van der Waals surface area contributed by atoms with Crippen LogP contribution in [0.2, 0.25) is 0 Å². The average molecular weight is 316 g/mol. The lowest BCUT2D eigenvalue weighted by molar-refractivity contribution is 1.12. The van der Waals surface area contributed by atoms with Crippen molar-refractivity contribution in [2.45, 2.75) is 6.92 Å². The molecule has 0 spiro atoms. The number of hydrogen-bond donors (Lipinski definition) is 3. The lowest BCUT2D eigenvalue weighted by Gasteiger charge is -2.06. The van der Waals surface area contributed by atoms with Gasteiger partial charge in [-0.1, -0.05) is 23.8 Å². The monoisotopic (exact) mass is 316 g/mol. The van der Waals surface area contributed by atoms with Crippen LogP contribution in [-0.4, -0.2) is 20.2 Å². The maximum atomic E-state index is 5.62. The molecule has 2 aromatic carbocycles. The molecule has 0 bridgehead atoms. The van der Waals surface area contributed by atoms with Crippen LogP contribution in [0.15, 0.2) is 54.7 Å². The molecule has 0 saturated heterocycles. The number of fused-ring (bicyclic) bond motifs is 1. The maximum absolute atomic E-state index is 5.62. The van der Waals surface area contributed by atoms with E-state index >= 15 is 0 Å². The third kappa shape index (κ3) is 2.65. The Morgan fingerprint density at radius 3 is 2.83 bits per heavy atom. The number of anilines is 3. The molecule has 0 fully saturated rings. The van der Waals surface area contributed by atoms with E-state index in [2.05, 4.69) is 56.7 Å². The van der Waals surface area contributed by atoms with Gasteiger partial charge in [-0.2, -0.15) is 10.1 Å². The number of aromatic amines is 1. The maximum Gasteiger partial charge on any atom is 0.221 e. The highest BCUT2D eigenvalue weighted by Gasteiger charge is 2.09. The molecule has 4 N–H and O–H groups in total. The van der Waals surface area contributed by atoms with Crippen LogP contribution in [0.1, 0.15) is 5.56 Å². The lowest BCUT2D eigenvalue weighted by Crippen LogP contribution is -1.98. The molecule has 0 radical (unpaired) electrons. The van der Waals surface area contributed by atoms with Gasteiger partial charge in [0.15, 0.2) is 0 Å². The summed E-state index contributed by atoms with van der Waals surface area (Å²) in [6.07, 6.45) is 1.62. The number of nitrogen functional groups attached to an aromatic ring is 1. The summed E-state index contributed by atoms with van der Waals surface area (Å²) in [5.41, 5.74) is 10.7. The quantitative estimate of drug-likeness (QED) is 0.536. The van der Waals surface area contributed by atoms with Gasteiger partial charge in [-0.05, 0) is 37.3 Å². The first kappa shape index (κ1) is 14.2. The fourth-order valence-electron chi connectivity index (χ4n) is 2.70. The van der Waals surface area contributed by atoms with Crippen LogP contribution >= 0.6 is 0 Å². The Hall–Kier alpha value is -3.41. The van der Waals surface area contributed by atoms with E-state index < -0.39 is 0 Å². The highest BCUT2D eigenvalue weighted by molar-refractivity contribution is 5.95. The fraction of sp³-hybridized carbons (Fsp3) is 0.0556. The van der Waals surface area contributed by atoms with Crippen molar-refractivity contribution in [2.24, 2.45) is 0 Å². The number of aromatic nitrogens is 4. The minimum atomic E-state index is 0.241. The SMILES string of the molecule is Cc1cccc(-c2n[nH]c3ccc(Nc4ccnc(N)n4)cc23)c1. The largest absolute Gasteiger partial charge is 0.368 e. The van der Waals surface area contributed by atoms with Crippen LogP contribution in [0.25, 0.3) is 22.2 Å². The number of nitrogens with zero attached hydrogens (tertiary/aromatic N) is 3. The van der Waals surface area contributed by atoms with Crippen molar-refractivity contribution < 1.29 is 0 Å². The first-order chi connectivity index (χ1) is 11.7. The zero-order valence-electron chi connectivity index (χ0n) is 13.1. The molecule has 4 aromatic rings. The van der Waals surface area contributed by atoms with Crippen LogP contribution in [0.5, 0.6) is 0 Å². The standard InChI is InChI=1S/C18H16N6/c1-11-3-2-4-12(9-11)17-14-10-13(5-6-15(14)23-24-17)21-16-7-8-20-18(19)22-16/h2-10H,1H3,(H,23,24)(H3,19,20,21,22). The van der Waals surface area contributed by atoms with Gasteiger partial charge >= 0.3 is 0 Å². The molecule has 0 saturated carbocycles. The van der Waals surface area contributed by atoms with E-state index in [4.69, 9.17) is 5.73 Å². The molecule has 0 aliphatic carbocycles. The van der Waals surface area contributed by atoms with Crippen LogP contribution in [-0.2, 0) is 0 Å². The number of benzene rings is 2. The second kappa shape index (κ2) is 5.66. The third-order valence-corrected chi connectivity index (χ3v) is 3.80. The van der Waals surface area contributed by atoms with Gasteiger partial charge in [0.1, 0.15) is 5.82 Å². The zero-order valence-corrected chi connectivity index (χ0v) is 13.1. The van der Waals surface area contributed by atoms with Gasteiger partial charge in [0.25, 0.3) is 0 Å². The summed E-state index contributed by atoms with van der Waals surface area (Å²) in [5.74, 6) is 0.896. The van der Waals surface area contributed by atoms with E-state index in [1.54, 1.807) is 12.3 Å². The number of H-pyrrole nitrogens is 1. The van der Waals surface area contributed by atoms with Crippen molar-refractivity contribution in [3.05, 3.63) is 60.3 Å². The van der Waals surface area contributed by atoms with E-state index in [-0.39, 0.29) is 5.95 Å². The normalized spacial score (nSPS) is 10.9. The van der Waals surface area contributed by atoms with E-state index in [0.717, 1.165) is 27.8 Å². The Labute approximate surface area is 138 Å². The summed E-state index contributed by atoms with van der Waals surface area (Å²) in [6, 6.07) is 16.1. The highest BCUT2D eigenvalue weighted by Crippen LogP contribution is 2.29. The Morgan fingerprint density at radius 2 is 2.00 bits per heavy atom. The smallest absolute Gasteiger partial charge is 0.221 e. The number of rotatable bonds is 3.